The largest absolute Gasteiger partial charge is 0.352 e. The summed E-state index contributed by atoms with van der Waals surface area (Å²) in [6.07, 6.45) is 1.96. The molecule has 104 valence electrons. The Morgan fingerprint density at radius 2 is 2.00 bits per heavy atom. The normalized spacial score (nSPS) is 12.0. The Balaban J connectivity index is 2.77. The number of carbonyl (C=O) groups is 2. The first-order chi connectivity index (χ1) is 8.93. The van der Waals surface area contributed by atoms with Crippen molar-refractivity contribution in [2.24, 2.45) is 11.7 Å². The van der Waals surface area contributed by atoms with Crippen LogP contribution >= 0.6 is 11.8 Å². The van der Waals surface area contributed by atoms with Crippen LogP contribution in [-0.2, 0) is 4.79 Å². The summed E-state index contributed by atoms with van der Waals surface area (Å²) in [4.78, 5) is 24.1. The Kier molecular flexibility index (Phi) is 5.69. The van der Waals surface area contributed by atoms with Crippen LogP contribution < -0.4 is 16.4 Å². The van der Waals surface area contributed by atoms with Crippen LogP contribution in [0.5, 0.6) is 0 Å². The van der Waals surface area contributed by atoms with E-state index in [9.17, 15) is 9.59 Å². The predicted molar refractivity (Wildman–Crippen MR) is 78.2 cm³/mol. The lowest BCUT2D eigenvalue weighted by Gasteiger charge is -2.20. The molecule has 0 unspecified atom stereocenters. The lowest BCUT2D eigenvalue weighted by Crippen LogP contribution is -2.49. The number of thioether (sulfide) groups is 1. The lowest BCUT2D eigenvalue weighted by atomic mass is 10.0. The maximum Gasteiger partial charge on any atom is 0.312 e. The molecule has 0 aliphatic heterocycles. The van der Waals surface area contributed by atoms with Gasteiger partial charge in [0.2, 0.25) is 5.91 Å². The van der Waals surface area contributed by atoms with Gasteiger partial charge in [0.1, 0.15) is 6.04 Å². The van der Waals surface area contributed by atoms with Crippen molar-refractivity contribution < 1.29 is 9.59 Å². The summed E-state index contributed by atoms with van der Waals surface area (Å²) in [6.45, 7) is 3.69. The zero-order valence-corrected chi connectivity index (χ0v) is 12.1. The van der Waals surface area contributed by atoms with Gasteiger partial charge in [0, 0.05) is 10.6 Å². The number of carbonyl (C=O) groups excluding carboxylic acids is 2. The van der Waals surface area contributed by atoms with Crippen molar-refractivity contribution in [2.45, 2.75) is 24.8 Å². The van der Waals surface area contributed by atoms with E-state index in [-0.39, 0.29) is 11.8 Å². The van der Waals surface area contributed by atoms with Gasteiger partial charge in [-0.05, 0) is 30.4 Å². The van der Waals surface area contributed by atoms with E-state index in [1.165, 1.54) is 0 Å². The molecule has 0 saturated carbocycles. The van der Waals surface area contributed by atoms with E-state index in [1.807, 2.05) is 38.3 Å². The van der Waals surface area contributed by atoms with Gasteiger partial charge in [0.15, 0.2) is 0 Å². The van der Waals surface area contributed by atoms with E-state index in [2.05, 4.69) is 10.6 Å². The molecular weight excluding hydrogens is 262 g/mol. The summed E-state index contributed by atoms with van der Waals surface area (Å²) in [5.41, 5.74) is 5.78. The van der Waals surface area contributed by atoms with Gasteiger partial charge in [0.05, 0.1) is 0 Å². The van der Waals surface area contributed by atoms with Crippen molar-refractivity contribution in [3.05, 3.63) is 24.3 Å². The van der Waals surface area contributed by atoms with Gasteiger partial charge in [-0.25, -0.2) is 4.79 Å². The summed E-state index contributed by atoms with van der Waals surface area (Å²) in [6, 6.07) is 6.17. The molecule has 0 aromatic heterocycles. The molecule has 0 aliphatic rings. The smallest absolute Gasteiger partial charge is 0.312 e. The van der Waals surface area contributed by atoms with E-state index in [0.29, 0.717) is 5.69 Å². The monoisotopic (exact) mass is 281 g/mol. The molecule has 3 amide bonds. The Morgan fingerprint density at radius 1 is 1.32 bits per heavy atom. The molecule has 1 aromatic carbocycles. The summed E-state index contributed by atoms with van der Waals surface area (Å²) < 4.78 is 0. The second-order valence-corrected chi connectivity index (χ2v) is 5.33. The molecule has 1 atom stereocenters. The SMILES string of the molecule is CSc1cccc(NC(=O)[C@@H](NC(N)=O)C(C)C)c1. The van der Waals surface area contributed by atoms with Crippen LogP contribution in [0, 0.1) is 5.92 Å². The molecule has 0 radical (unpaired) electrons. The van der Waals surface area contributed by atoms with Crippen molar-refractivity contribution in [1.82, 2.24) is 5.32 Å². The zero-order valence-electron chi connectivity index (χ0n) is 11.3. The van der Waals surface area contributed by atoms with Crippen molar-refractivity contribution in [3.8, 4) is 0 Å². The highest BCUT2D eigenvalue weighted by atomic mass is 32.2. The topological polar surface area (TPSA) is 84.2 Å². The van der Waals surface area contributed by atoms with Crippen LogP contribution in [0.25, 0.3) is 0 Å². The third-order valence-electron chi connectivity index (χ3n) is 2.58. The molecule has 19 heavy (non-hydrogen) atoms. The van der Waals surface area contributed by atoms with Crippen LogP contribution in [-0.4, -0.2) is 24.2 Å². The number of amides is 3. The minimum Gasteiger partial charge on any atom is -0.352 e. The quantitative estimate of drug-likeness (QED) is 0.722. The van der Waals surface area contributed by atoms with Crippen molar-refractivity contribution >= 4 is 29.4 Å². The van der Waals surface area contributed by atoms with Crippen molar-refractivity contribution in [3.63, 3.8) is 0 Å². The average Bonchev–Trinajstić information content (AvgIpc) is 2.35. The predicted octanol–water partition coefficient (Wildman–Crippen LogP) is 2.04. The molecule has 1 rings (SSSR count). The van der Waals surface area contributed by atoms with Gasteiger partial charge in [0.25, 0.3) is 0 Å². The number of rotatable bonds is 5. The summed E-state index contributed by atoms with van der Waals surface area (Å²) in [5, 5.41) is 5.23. The van der Waals surface area contributed by atoms with Crippen LogP contribution in [0.1, 0.15) is 13.8 Å². The molecular formula is C13H19N3O2S. The Hall–Kier alpha value is -1.69. The Morgan fingerprint density at radius 3 is 2.53 bits per heavy atom. The number of hydrogen-bond acceptors (Lipinski definition) is 3. The number of primary amides is 1. The molecule has 0 bridgehead atoms. The first-order valence-corrected chi connectivity index (χ1v) is 7.17. The van der Waals surface area contributed by atoms with Crippen LogP contribution in [0.15, 0.2) is 29.2 Å². The van der Waals surface area contributed by atoms with Gasteiger partial charge in [-0.15, -0.1) is 11.8 Å². The maximum absolute atomic E-state index is 12.1. The van der Waals surface area contributed by atoms with Gasteiger partial charge >= 0.3 is 6.03 Å². The zero-order chi connectivity index (χ0) is 14.4. The van der Waals surface area contributed by atoms with E-state index in [4.69, 9.17) is 5.73 Å². The molecule has 0 fully saturated rings. The highest BCUT2D eigenvalue weighted by Crippen LogP contribution is 2.19. The summed E-state index contributed by atoms with van der Waals surface area (Å²) >= 11 is 1.59. The van der Waals surface area contributed by atoms with Crippen LogP contribution in [0.3, 0.4) is 0 Å². The highest BCUT2D eigenvalue weighted by Gasteiger charge is 2.23. The molecule has 0 aliphatic carbocycles. The van der Waals surface area contributed by atoms with E-state index in [0.717, 1.165) is 4.90 Å². The number of nitrogens with one attached hydrogen (secondary N) is 2. The maximum atomic E-state index is 12.1. The average molecular weight is 281 g/mol. The number of anilines is 1. The Bertz CT molecular complexity index is 463. The number of hydrogen-bond donors (Lipinski definition) is 3. The third-order valence-corrected chi connectivity index (χ3v) is 3.31. The number of urea groups is 1. The molecule has 0 heterocycles. The van der Waals surface area contributed by atoms with Crippen LogP contribution in [0.4, 0.5) is 10.5 Å². The van der Waals surface area contributed by atoms with Crippen molar-refractivity contribution in [2.75, 3.05) is 11.6 Å². The van der Waals surface area contributed by atoms with E-state index < -0.39 is 12.1 Å². The minimum absolute atomic E-state index is 0.0452. The molecule has 6 heteroatoms. The number of benzene rings is 1. The van der Waals surface area contributed by atoms with Gasteiger partial charge in [-0.2, -0.15) is 0 Å². The molecule has 5 nitrogen and oxygen atoms in total. The number of nitrogens with two attached hydrogens (primary N) is 1. The van der Waals surface area contributed by atoms with Crippen molar-refractivity contribution in [1.29, 1.82) is 0 Å². The fourth-order valence-corrected chi connectivity index (χ4v) is 2.07. The van der Waals surface area contributed by atoms with Gasteiger partial charge in [-0.3, -0.25) is 4.79 Å². The second-order valence-electron chi connectivity index (χ2n) is 4.45. The minimum atomic E-state index is -0.702. The first-order valence-electron chi connectivity index (χ1n) is 5.95. The summed E-state index contributed by atoms with van der Waals surface area (Å²) in [5.74, 6) is -0.316. The molecule has 0 spiro atoms. The highest BCUT2D eigenvalue weighted by molar-refractivity contribution is 7.98. The van der Waals surface area contributed by atoms with E-state index in [1.54, 1.807) is 17.8 Å². The molecule has 4 N–H and O–H groups in total. The fraction of sp³-hybridized carbons (Fsp3) is 0.385. The fourth-order valence-electron chi connectivity index (χ4n) is 1.61. The van der Waals surface area contributed by atoms with Gasteiger partial charge in [-0.1, -0.05) is 19.9 Å². The second kappa shape index (κ2) is 7.04. The first kappa shape index (κ1) is 15.4. The standard InChI is InChI=1S/C13H19N3O2S/c1-8(2)11(16-13(14)18)12(17)15-9-5-4-6-10(7-9)19-3/h4-8,11H,1-3H3,(H,15,17)(H3,14,16,18)/t11-/m0/s1. The van der Waals surface area contributed by atoms with Crippen LogP contribution in [0.2, 0.25) is 0 Å². The molecule has 0 saturated heterocycles. The van der Waals surface area contributed by atoms with E-state index >= 15 is 0 Å². The third kappa shape index (κ3) is 4.82. The Labute approximate surface area is 117 Å². The lowest BCUT2D eigenvalue weighted by molar-refractivity contribution is -0.118. The molecule has 1 aromatic rings. The van der Waals surface area contributed by atoms with Gasteiger partial charge < -0.3 is 16.4 Å². The summed E-state index contributed by atoms with van der Waals surface area (Å²) in [7, 11) is 0.